The predicted octanol–water partition coefficient (Wildman–Crippen LogP) is 2.66. The molecule has 0 fully saturated rings. The molecule has 0 saturated carbocycles. The summed E-state index contributed by atoms with van der Waals surface area (Å²) in [6.45, 7) is 2.76. The van der Waals surface area contributed by atoms with E-state index in [1.54, 1.807) is 7.11 Å². The number of thiocarbonyl (C=S) groups is 1. The van der Waals surface area contributed by atoms with Gasteiger partial charge in [-0.05, 0) is 37.1 Å². The molecule has 0 aliphatic carbocycles. The lowest BCUT2D eigenvalue weighted by atomic mass is 10.1. The molecule has 0 radical (unpaired) electrons. The summed E-state index contributed by atoms with van der Waals surface area (Å²) in [5, 5.41) is 4.38. The van der Waals surface area contributed by atoms with Crippen molar-refractivity contribution in [1.82, 2.24) is 10.3 Å². The Balaban J connectivity index is 2.19. The van der Waals surface area contributed by atoms with Crippen molar-refractivity contribution >= 4 is 28.1 Å². The van der Waals surface area contributed by atoms with Crippen LogP contribution in [0.15, 0.2) is 24.4 Å². The molecule has 0 atom stereocenters. The van der Waals surface area contributed by atoms with Crippen LogP contribution in [0.25, 0.3) is 10.9 Å². The Morgan fingerprint density at radius 2 is 2.29 bits per heavy atom. The van der Waals surface area contributed by atoms with Crippen molar-refractivity contribution in [3.63, 3.8) is 0 Å². The molecule has 0 aliphatic rings. The quantitative estimate of drug-likeness (QED) is 0.817. The Kier molecular flexibility index (Phi) is 3.64. The van der Waals surface area contributed by atoms with Crippen LogP contribution in [-0.4, -0.2) is 23.6 Å². The molecule has 0 amide bonds. The first-order chi connectivity index (χ1) is 8.20. The lowest BCUT2D eigenvalue weighted by Gasteiger charge is -2.04. The van der Waals surface area contributed by atoms with Crippen molar-refractivity contribution in [2.75, 3.05) is 13.7 Å². The number of rotatable bonds is 4. The van der Waals surface area contributed by atoms with Gasteiger partial charge in [0.15, 0.2) is 0 Å². The molecule has 2 N–H and O–H groups in total. The number of aromatic nitrogens is 1. The Bertz CT molecular complexity index is 533. The zero-order valence-electron chi connectivity index (χ0n) is 10.0. The van der Waals surface area contributed by atoms with Gasteiger partial charge in [-0.1, -0.05) is 12.2 Å². The van der Waals surface area contributed by atoms with Crippen LogP contribution in [0.2, 0.25) is 0 Å². The van der Waals surface area contributed by atoms with Gasteiger partial charge in [-0.25, -0.2) is 0 Å². The van der Waals surface area contributed by atoms with Gasteiger partial charge in [0, 0.05) is 23.6 Å². The van der Waals surface area contributed by atoms with Crippen LogP contribution >= 0.6 is 12.2 Å². The normalized spacial score (nSPS) is 10.5. The number of ether oxygens (including phenoxy) is 1. The second-order valence-corrected chi connectivity index (χ2v) is 4.57. The summed E-state index contributed by atoms with van der Waals surface area (Å²) in [6, 6.07) is 6.06. The molecule has 0 bridgehead atoms. The summed E-state index contributed by atoms with van der Waals surface area (Å²) in [5.74, 6) is 0.886. The van der Waals surface area contributed by atoms with E-state index in [1.165, 1.54) is 10.9 Å². The highest BCUT2D eigenvalue weighted by Crippen LogP contribution is 2.23. The van der Waals surface area contributed by atoms with Crippen molar-refractivity contribution in [3.8, 4) is 5.75 Å². The largest absolute Gasteiger partial charge is 0.497 e. The van der Waals surface area contributed by atoms with Gasteiger partial charge in [-0.3, -0.25) is 0 Å². The molecule has 17 heavy (non-hydrogen) atoms. The van der Waals surface area contributed by atoms with Crippen LogP contribution in [0.4, 0.5) is 0 Å². The Morgan fingerprint density at radius 1 is 1.47 bits per heavy atom. The first-order valence-electron chi connectivity index (χ1n) is 5.59. The average Bonchev–Trinajstić information content (AvgIpc) is 2.71. The van der Waals surface area contributed by atoms with Crippen molar-refractivity contribution in [2.45, 2.75) is 13.3 Å². The van der Waals surface area contributed by atoms with Gasteiger partial charge in [0.05, 0.1) is 12.1 Å². The lowest BCUT2D eigenvalue weighted by Crippen LogP contribution is -2.20. The van der Waals surface area contributed by atoms with Crippen LogP contribution in [0.3, 0.4) is 0 Å². The molecule has 1 aromatic carbocycles. The summed E-state index contributed by atoms with van der Waals surface area (Å²) in [6.07, 6.45) is 2.99. The van der Waals surface area contributed by atoms with Gasteiger partial charge in [-0.2, -0.15) is 0 Å². The zero-order chi connectivity index (χ0) is 12.3. The molecule has 1 aromatic heterocycles. The molecule has 3 nitrogen and oxygen atoms in total. The van der Waals surface area contributed by atoms with Gasteiger partial charge < -0.3 is 15.0 Å². The molecule has 4 heteroatoms. The van der Waals surface area contributed by atoms with Gasteiger partial charge in [0.2, 0.25) is 0 Å². The summed E-state index contributed by atoms with van der Waals surface area (Å²) in [7, 11) is 1.69. The number of methoxy groups -OCH3 is 1. The number of benzene rings is 1. The first kappa shape index (κ1) is 11.9. The maximum absolute atomic E-state index is 5.24. The van der Waals surface area contributed by atoms with Crippen LogP contribution < -0.4 is 10.1 Å². The molecule has 1 heterocycles. The van der Waals surface area contributed by atoms with Gasteiger partial charge in [-0.15, -0.1) is 0 Å². The van der Waals surface area contributed by atoms with E-state index < -0.39 is 0 Å². The number of nitrogens with one attached hydrogen (secondary N) is 2. The van der Waals surface area contributed by atoms with Crippen molar-refractivity contribution in [3.05, 3.63) is 30.0 Å². The Labute approximate surface area is 106 Å². The number of aromatic amines is 1. The maximum Gasteiger partial charge on any atom is 0.119 e. The van der Waals surface area contributed by atoms with E-state index in [-0.39, 0.29) is 0 Å². The smallest absolute Gasteiger partial charge is 0.119 e. The third-order valence-electron chi connectivity index (χ3n) is 2.74. The van der Waals surface area contributed by atoms with Crippen molar-refractivity contribution in [2.24, 2.45) is 0 Å². The minimum atomic E-state index is 0.836. The number of hydrogen-bond donors (Lipinski definition) is 2. The average molecular weight is 248 g/mol. The van der Waals surface area contributed by atoms with Crippen LogP contribution in [0.1, 0.15) is 12.5 Å². The van der Waals surface area contributed by atoms with Crippen LogP contribution in [0, 0.1) is 0 Å². The van der Waals surface area contributed by atoms with E-state index in [4.69, 9.17) is 17.0 Å². The summed E-state index contributed by atoms with van der Waals surface area (Å²) < 4.78 is 5.24. The van der Waals surface area contributed by atoms with E-state index in [0.717, 1.165) is 29.2 Å². The lowest BCUT2D eigenvalue weighted by molar-refractivity contribution is 0.415. The third kappa shape index (κ3) is 2.77. The number of H-pyrrole nitrogens is 1. The van der Waals surface area contributed by atoms with E-state index in [1.807, 2.05) is 25.3 Å². The molecule has 2 aromatic rings. The number of hydrogen-bond acceptors (Lipinski definition) is 2. The predicted molar refractivity (Wildman–Crippen MR) is 74.8 cm³/mol. The molecule has 0 spiro atoms. The summed E-state index contributed by atoms with van der Waals surface area (Å²) >= 11 is 4.99. The van der Waals surface area contributed by atoms with E-state index in [2.05, 4.69) is 16.4 Å². The first-order valence-corrected chi connectivity index (χ1v) is 6.00. The molecular formula is C13H16N2OS. The summed E-state index contributed by atoms with van der Waals surface area (Å²) in [4.78, 5) is 4.10. The van der Waals surface area contributed by atoms with Crippen LogP contribution in [0.5, 0.6) is 5.75 Å². The summed E-state index contributed by atoms with van der Waals surface area (Å²) in [5.41, 5.74) is 2.42. The molecule has 0 unspecified atom stereocenters. The zero-order valence-corrected chi connectivity index (χ0v) is 10.9. The van der Waals surface area contributed by atoms with E-state index >= 15 is 0 Å². The highest BCUT2D eigenvalue weighted by molar-refractivity contribution is 7.80. The van der Waals surface area contributed by atoms with E-state index in [0.29, 0.717) is 0 Å². The van der Waals surface area contributed by atoms with E-state index in [9.17, 15) is 0 Å². The highest BCUT2D eigenvalue weighted by atomic mass is 32.1. The Morgan fingerprint density at radius 3 is 3.00 bits per heavy atom. The minimum absolute atomic E-state index is 0.836. The topological polar surface area (TPSA) is 37.0 Å². The van der Waals surface area contributed by atoms with Gasteiger partial charge in [0.25, 0.3) is 0 Å². The highest BCUT2D eigenvalue weighted by Gasteiger charge is 2.04. The van der Waals surface area contributed by atoms with Gasteiger partial charge >= 0.3 is 0 Å². The monoisotopic (exact) mass is 248 g/mol. The fraction of sp³-hybridized carbons (Fsp3) is 0.308. The van der Waals surface area contributed by atoms with Crippen molar-refractivity contribution < 1.29 is 4.74 Å². The van der Waals surface area contributed by atoms with Gasteiger partial charge in [0.1, 0.15) is 5.75 Å². The second kappa shape index (κ2) is 5.19. The Hall–Kier alpha value is -1.55. The third-order valence-corrected chi connectivity index (χ3v) is 2.89. The second-order valence-electron chi connectivity index (χ2n) is 3.96. The minimum Gasteiger partial charge on any atom is -0.497 e. The molecule has 0 aliphatic heterocycles. The molecular weight excluding hydrogens is 232 g/mol. The SMILES string of the molecule is COc1ccc2[nH]cc(CCNC(C)=S)c2c1. The fourth-order valence-electron chi connectivity index (χ4n) is 1.86. The maximum atomic E-state index is 5.24. The number of fused-ring (bicyclic) bond motifs is 1. The van der Waals surface area contributed by atoms with Crippen molar-refractivity contribution in [1.29, 1.82) is 0 Å². The standard InChI is InChI=1S/C13H16N2OS/c1-9(17)14-6-5-10-8-15-13-4-3-11(16-2)7-12(10)13/h3-4,7-8,15H,5-6H2,1-2H3,(H,14,17). The molecule has 90 valence electrons. The fourth-order valence-corrected chi connectivity index (χ4v) is 1.97. The molecule has 2 rings (SSSR count). The molecule has 0 saturated heterocycles. The van der Waals surface area contributed by atoms with Crippen LogP contribution in [-0.2, 0) is 6.42 Å².